The summed E-state index contributed by atoms with van der Waals surface area (Å²) in [6.07, 6.45) is 2.94. The first-order valence-electron chi connectivity index (χ1n) is 4.34. The minimum absolute atomic E-state index is 0.383. The fraction of sp³-hybridized carbons (Fsp3) is 0. The lowest BCUT2D eigenvalue weighted by Gasteiger charge is -1.88. The third-order valence-electron chi connectivity index (χ3n) is 2.02. The molecule has 2 N–H and O–H groups in total. The Hall–Kier alpha value is -2.37. The largest absolute Gasteiger partial charge is 0.422 e. The predicted molar refractivity (Wildman–Crippen MR) is 53.3 cm³/mol. The highest BCUT2D eigenvalue weighted by atomic mass is 16.4. The van der Waals surface area contributed by atoms with Gasteiger partial charge in [-0.3, -0.25) is 0 Å². The van der Waals surface area contributed by atoms with Crippen LogP contribution in [0.2, 0.25) is 0 Å². The maximum atomic E-state index is 5.64. The van der Waals surface area contributed by atoms with Gasteiger partial charge in [-0.1, -0.05) is 0 Å². The minimum Gasteiger partial charge on any atom is -0.422 e. The summed E-state index contributed by atoms with van der Waals surface area (Å²) in [5.74, 6) is 0. The molecule has 2 heterocycles. The van der Waals surface area contributed by atoms with Crippen LogP contribution in [0.15, 0.2) is 35.3 Å². The van der Waals surface area contributed by atoms with E-state index in [-0.39, 0.29) is 0 Å². The lowest BCUT2D eigenvalue weighted by molar-refractivity contribution is 0.542. The number of hydrogen-bond acceptors (Lipinski definition) is 5. The van der Waals surface area contributed by atoms with Crippen LogP contribution >= 0.6 is 0 Å². The summed E-state index contributed by atoms with van der Waals surface area (Å²) in [7, 11) is 0. The number of nitrogen functional groups attached to an aromatic ring is 1. The van der Waals surface area contributed by atoms with Crippen molar-refractivity contribution in [3.8, 4) is 6.01 Å². The van der Waals surface area contributed by atoms with Crippen molar-refractivity contribution in [3.05, 3.63) is 30.9 Å². The smallest absolute Gasteiger partial charge is 0.325 e. The molecule has 6 nitrogen and oxygen atoms in total. The van der Waals surface area contributed by atoms with E-state index >= 15 is 0 Å². The first kappa shape index (κ1) is 7.98. The van der Waals surface area contributed by atoms with Crippen molar-refractivity contribution in [1.82, 2.24) is 19.7 Å². The standard InChI is InChI=1S/C9H7N5O/c10-6-1-2-8-7(3-6)13-9(15-8)14-5-11-4-12-14/h1-5H,10H2. The van der Waals surface area contributed by atoms with Gasteiger partial charge in [-0.2, -0.15) is 14.8 Å². The van der Waals surface area contributed by atoms with Gasteiger partial charge in [0.2, 0.25) is 0 Å². The predicted octanol–water partition coefficient (Wildman–Crippen LogP) is 0.991. The number of aromatic nitrogens is 4. The van der Waals surface area contributed by atoms with Crippen LogP contribution in [0, 0.1) is 0 Å². The molecule has 3 aromatic rings. The van der Waals surface area contributed by atoms with E-state index in [4.69, 9.17) is 10.2 Å². The number of nitrogens with zero attached hydrogens (tertiary/aromatic N) is 4. The maximum Gasteiger partial charge on any atom is 0.325 e. The fourth-order valence-electron chi connectivity index (χ4n) is 1.34. The monoisotopic (exact) mass is 201 g/mol. The topological polar surface area (TPSA) is 82.8 Å². The van der Waals surface area contributed by atoms with Crippen LogP contribution in [0.25, 0.3) is 17.1 Å². The quantitative estimate of drug-likeness (QED) is 0.593. The fourth-order valence-corrected chi connectivity index (χ4v) is 1.34. The third kappa shape index (κ3) is 1.23. The Morgan fingerprint density at radius 2 is 2.27 bits per heavy atom. The molecule has 0 fully saturated rings. The highest BCUT2D eigenvalue weighted by Gasteiger charge is 2.07. The van der Waals surface area contributed by atoms with Crippen LogP contribution in [-0.2, 0) is 0 Å². The molecule has 0 amide bonds. The van der Waals surface area contributed by atoms with Crippen LogP contribution < -0.4 is 5.73 Å². The molecule has 0 spiro atoms. The second-order valence-electron chi connectivity index (χ2n) is 3.06. The number of fused-ring (bicyclic) bond motifs is 1. The molecule has 3 rings (SSSR count). The minimum atomic E-state index is 0.383. The van der Waals surface area contributed by atoms with Gasteiger partial charge in [0.25, 0.3) is 0 Å². The van der Waals surface area contributed by atoms with Gasteiger partial charge in [-0.25, -0.2) is 4.98 Å². The highest BCUT2D eigenvalue weighted by Crippen LogP contribution is 2.19. The van der Waals surface area contributed by atoms with Crippen LogP contribution in [0.1, 0.15) is 0 Å². The molecule has 0 bridgehead atoms. The molecule has 0 aliphatic carbocycles. The summed E-state index contributed by atoms with van der Waals surface area (Å²) >= 11 is 0. The van der Waals surface area contributed by atoms with Crippen molar-refractivity contribution < 1.29 is 4.42 Å². The molecule has 1 aromatic carbocycles. The molecule has 0 atom stereocenters. The molecule has 15 heavy (non-hydrogen) atoms. The van der Waals surface area contributed by atoms with Gasteiger partial charge in [0.05, 0.1) is 0 Å². The van der Waals surface area contributed by atoms with Gasteiger partial charge in [-0.05, 0) is 18.2 Å². The number of rotatable bonds is 1. The van der Waals surface area contributed by atoms with Crippen LogP contribution in [0.4, 0.5) is 5.69 Å². The molecule has 0 unspecified atom stereocenters. The summed E-state index contributed by atoms with van der Waals surface area (Å²) in [6, 6.07) is 5.67. The summed E-state index contributed by atoms with van der Waals surface area (Å²) in [5, 5.41) is 3.92. The van der Waals surface area contributed by atoms with Crippen molar-refractivity contribution in [2.45, 2.75) is 0 Å². The molecule has 0 saturated heterocycles. The molecule has 6 heteroatoms. The number of hydrogen-bond donors (Lipinski definition) is 1. The maximum absolute atomic E-state index is 5.64. The molecular formula is C9H7N5O. The van der Waals surface area contributed by atoms with Crippen LogP contribution in [0.5, 0.6) is 0 Å². The van der Waals surface area contributed by atoms with Gasteiger partial charge in [0.15, 0.2) is 5.58 Å². The van der Waals surface area contributed by atoms with E-state index in [9.17, 15) is 0 Å². The molecular weight excluding hydrogens is 194 g/mol. The van der Waals surface area contributed by atoms with E-state index in [1.54, 1.807) is 18.2 Å². The Balaban J connectivity index is 2.22. The van der Waals surface area contributed by atoms with E-state index in [0.717, 1.165) is 0 Å². The number of benzene rings is 1. The van der Waals surface area contributed by atoms with Gasteiger partial charge in [0.1, 0.15) is 18.2 Å². The van der Waals surface area contributed by atoms with Crippen LogP contribution in [-0.4, -0.2) is 19.7 Å². The van der Waals surface area contributed by atoms with Crippen molar-refractivity contribution in [2.75, 3.05) is 5.73 Å². The first-order valence-corrected chi connectivity index (χ1v) is 4.34. The number of nitrogens with two attached hydrogens (primary N) is 1. The highest BCUT2D eigenvalue weighted by molar-refractivity contribution is 5.77. The van der Waals surface area contributed by atoms with Crippen molar-refractivity contribution in [2.24, 2.45) is 0 Å². The molecule has 0 aliphatic rings. The zero-order valence-electron chi connectivity index (χ0n) is 7.66. The van der Waals surface area contributed by atoms with Crippen molar-refractivity contribution >= 4 is 16.8 Å². The Bertz CT molecular complexity index is 598. The molecule has 0 saturated carbocycles. The third-order valence-corrected chi connectivity index (χ3v) is 2.02. The average molecular weight is 201 g/mol. The van der Waals surface area contributed by atoms with E-state index in [1.807, 2.05) is 0 Å². The molecule has 2 aromatic heterocycles. The summed E-state index contributed by atoms with van der Waals surface area (Å²) in [6.45, 7) is 0. The second-order valence-corrected chi connectivity index (χ2v) is 3.06. The Morgan fingerprint density at radius 3 is 3.07 bits per heavy atom. The number of oxazole rings is 1. The zero-order valence-corrected chi connectivity index (χ0v) is 7.66. The Kier molecular flexibility index (Phi) is 1.49. The Morgan fingerprint density at radius 1 is 1.33 bits per heavy atom. The Labute approximate surface area is 84.4 Å². The van der Waals surface area contributed by atoms with Crippen molar-refractivity contribution in [1.29, 1.82) is 0 Å². The van der Waals surface area contributed by atoms with E-state index in [0.29, 0.717) is 22.8 Å². The summed E-state index contributed by atoms with van der Waals surface area (Å²) in [5.41, 5.74) is 7.67. The SMILES string of the molecule is Nc1ccc2oc(-n3cncn3)nc2c1. The summed E-state index contributed by atoms with van der Waals surface area (Å²) < 4.78 is 6.92. The van der Waals surface area contributed by atoms with Crippen LogP contribution in [0.3, 0.4) is 0 Å². The lowest BCUT2D eigenvalue weighted by Crippen LogP contribution is -1.93. The summed E-state index contributed by atoms with van der Waals surface area (Å²) in [4.78, 5) is 8.04. The number of anilines is 1. The zero-order chi connectivity index (χ0) is 10.3. The molecule has 74 valence electrons. The van der Waals surface area contributed by atoms with E-state index < -0.39 is 0 Å². The molecule has 0 radical (unpaired) electrons. The molecule has 0 aliphatic heterocycles. The van der Waals surface area contributed by atoms with Gasteiger partial charge in [-0.15, -0.1) is 0 Å². The van der Waals surface area contributed by atoms with Crippen molar-refractivity contribution in [3.63, 3.8) is 0 Å². The van der Waals surface area contributed by atoms with Gasteiger partial charge >= 0.3 is 6.01 Å². The average Bonchev–Trinajstić information content (AvgIpc) is 2.84. The normalized spacial score (nSPS) is 10.9. The van der Waals surface area contributed by atoms with E-state index in [1.165, 1.54) is 17.3 Å². The van der Waals surface area contributed by atoms with E-state index in [2.05, 4.69) is 15.1 Å². The van der Waals surface area contributed by atoms with Gasteiger partial charge in [0, 0.05) is 5.69 Å². The first-order chi connectivity index (χ1) is 7.33. The lowest BCUT2D eigenvalue weighted by atomic mass is 10.3. The van der Waals surface area contributed by atoms with Gasteiger partial charge < -0.3 is 10.2 Å². The second kappa shape index (κ2) is 2.81.